The summed E-state index contributed by atoms with van der Waals surface area (Å²) in [4.78, 5) is 7.27. The van der Waals surface area contributed by atoms with E-state index in [1.54, 1.807) is 0 Å². The van der Waals surface area contributed by atoms with Gasteiger partial charge in [0.2, 0.25) is 0 Å². The molecular formula is C18H37N3O2. The number of aliphatic hydroxyl groups excluding tert-OH is 1. The molecule has 0 saturated carbocycles. The molecule has 5 nitrogen and oxygen atoms in total. The maximum absolute atomic E-state index is 10.5. The molecule has 2 aliphatic rings. The minimum absolute atomic E-state index is 0.268. The molecule has 3 atom stereocenters. The van der Waals surface area contributed by atoms with Crippen LogP contribution in [0.25, 0.3) is 0 Å². The minimum atomic E-state index is -0.277. The number of piperidine rings is 1. The van der Waals surface area contributed by atoms with Gasteiger partial charge in [-0.1, -0.05) is 0 Å². The molecule has 0 radical (unpaired) electrons. The Bertz CT molecular complexity index is 335. The molecule has 0 aromatic carbocycles. The topological polar surface area (TPSA) is 39.2 Å². The number of morpholine rings is 1. The van der Waals surface area contributed by atoms with Gasteiger partial charge in [-0.3, -0.25) is 4.90 Å². The van der Waals surface area contributed by atoms with Crippen LogP contribution in [0.5, 0.6) is 0 Å². The third-order valence-corrected chi connectivity index (χ3v) is 5.32. The van der Waals surface area contributed by atoms with Gasteiger partial charge < -0.3 is 19.6 Å². The number of hydrogen-bond acceptors (Lipinski definition) is 5. The highest BCUT2D eigenvalue weighted by Gasteiger charge is 2.27. The highest BCUT2D eigenvalue weighted by Crippen LogP contribution is 2.18. The van der Waals surface area contributed by atoms with Crippen molar-refractivity contribution in [1.82, 2.24) is 14.7 Å². The lowest BCUT2D eigenvalue weighted by Crippen LogP contribution is -2.51. The van der Waals surface area contributed by atoms with Crippen LogP contribution in [0.2, 0.25) is 0 Å². The molecule has 23 heavy (non-hydrogen) atoms. The van der Waals surface area contributed by atoms with E-state index in [9.17, 15) is 5.11 Å². The van der Waals surface area contributed by atoms with Crippen LogP contribution < -0.4 is 0 Å². The van der Waals surface area contributed by atoms with Gasteiger partial charge in [0.15, 0.2) is 0 Å². The van der Waals surface area contributed by atoms with E-state index in [1.165, 1.54) is 25.9 Å². The van der Waals surface area contributed by atoms with Crippen molar-refractivity contribution < 1.29 is 9.84 Å². The molecule has 3 unspecified atom stereocenters. The SMILES string of the molecule is CC1CN(CC(O)CN(C)C2CCN(C(C)C)CC2)CC(C)O1. The second-order valence-electron chi connectivity index (χ2n) is 7.93. The van der Waals surface area contributed by atoms with Crippen LogP contribution in [0.1, 0.15) is 40.5 Å². The van der Waals surface area contributed by atoms with Crippen molar-refractivity contribution in [3.05, 3.63) is 0 Å². The number of rotatable bonds is 6. The number of β-amino-alcohol motifs (C(OH)–C–C–N with tert-alkyl or cyclic N) is 1. The van der Waals surface area contributed by atoms with Gasteiger partial charge in [-0.05, 0) is 60.7 Å². The summed E-state index contributed by atoms with van der Waals surface area (Å²) in [6.07, 6.45) is 2.69. The van der Waals surface area contributed by atoms with Crippen LogP contribution in [0, 0.1) is 0 Å². The third-order valence-electron chi connectivity index (χ3n) is 5.32. The first kappa shape index (κ1) is 19.1. The summed E-state index contributed by atoms with van der Waals surface area (Å²) < 4.78 is 5.77. The van der Waals surface area contributed by atoms with Crippen molar-refractivity contribution >= 4 is 0 Å². The average Bonchev–Trinajstić information content (AvgIpc) is 2.45. The predicted octanol–water partition coefficient (Wildman–Crippen LogP) is 1.26. The summed E-state index contributed by atoms with van der Waals surface area (Å²) in [5, 5.41) is 10.5. The number of likely N-dealkylation sites (N-methyl/N-ethyl adjacent to an activating group) is 1. The summed E-state index contributed by atoms with van der Waals surface area (Å²) in [6.45, 7) is 14.5. The lowest BCUT2D eigenvalue weighted by Gasteiger charge is -2.40. The van der Waals surface area contributed by atoms with Gasteiger partial charge in [-0.25, -0.2) is 0 Å². The molecule has 0 aliphatic carbocycles. The average molecular weight is 328 g/mol. The van der Waals surface area contributed by atoms with Crippen LogP contribution in [0.3, 0.4) is 0 Å². The fourth-order valence-electron chi connectivity index (χ4n) is 4.11. The van der Waals surface area contributed by atoms with Crippen LogP contribution in [-0.2, 0) is 4.74 Å². The first-order valence-corrected chi connectivity index (χ1v) is 9.35. The zero-order valence-corrected chi connectivity index (χ0v) is 15.7. The number of hydrogen-bond donors (Lipinski definition) is 1. The highest BCUT2D eigenvalue weighted by molar-refractivity contribution is 4.82. The van der Waals surface area contributed by atoms with E-state index in [1.807, 2.05) is 0 Å². The molecule has 2 aliphatic heterocycles. The maximum atomic E-state index is 10.5. The van der Waals surface area contributed by atoms with E-state index in [0.29, 0.717) is 12.1 Å². The van der Waals surface area contributed by atoms with Crippen molar-refractivity contribution in [1.29, 1.82) is 0 Å². The highest BCUT2D eigenvalue weighted by atomic mass is 16.5. The fraction of sp³-hybridized carbons (Fsp3) is 1.00. The van der Waals surface area contributed by atoms with E-state index < -0.39 is 0 Å². The van der Waals surface area contributed by atoms with E-state index in [2.05, 4.69) is 49.4 Å². The van der Waals surface area contributed by atoms with Crippen molar-refractivity contribution in [3.8, 4) is 0 Å². The molecule has 0 spiro atoms. The monoisotopic (exact) mass is 327 g/mol. The second-order valence-corrected chi connectivity index (χ2v) is 7.93. The van der Waals surface area contributed by atoms with Crippen molar-refractivity contribution in [2.75, 3.05) is 46.3 Å². The number of ether oxygens (including phenoxy) is 1. The summed E-state index contributed by atoms with van der Waals surface area (Å²) in [6, 6.07) is 1.26. The van der Waals surface area contributed by atoms with Crippen LogP contribution >= 0.6 is 0 Å². The van der Waals surface area contributed by atoms with Crippen molar-refractivity contribution in [2.45, 2.75) is 70.9 Å². The van der Waals surface area contributed by atoms with Crippen molar-refractivity contribution in [3.63, 3.8) is 0 Å². The Labute approximate surface area is 142 Å². The Balaban J connectivity index is 1.71. The van der Waals surface area contributed by atoms with Gasteiger partial charge in [-0.2, -0.15) is 0 Å². The zero-order chi connectivity index (χ0) is 17.0. The largest absolute Gasteiger partial charge is 0.390 e. The van der Waals surface area contributed by atoms with E-state index in [-0.39, 0.29) is 18.3 Å². The third kappa shape index (κ3) is 5.98. The first-order valence-electron chi connectivity index (χ1n) is 9.35. The van der Waals surface area contributed by atoms with Crippen LogP contribution in [0.15, 0.2) is 0 Å². The molecule has 0 amide bonds. The lowest BCUT2D eigenvalue weighted by molar-refractivity contribution is -0.0785. The lowest BCUT2D eigenvalue weighted by atomic mass is 10.0. The molecule has 0 aromatic heterocycles. The Morgan fingerprint density at radius 2 is 1.70 bits per heavy atom. The quantitative estimate of drug-likeness (QED) is 0.795. The van der Waals surface area contributed by atoms with Gasteiger partial charge in [0, 0.05) is 38.3 Å². The number of likely N-dealkylation sites (tertiary alicyclic amines) is 1. The van der Waals surface area contributed by atoms with E-state index in [4.69, 9.17) is 4.74 Å². The summed E-state index contributed by atoms with van der Waals surface area (Å²) in [5.74, 6) is 0. The smallest absolute Gasteiger partial charge is 0.0793 e. The minimum Gasteiger partial charge on any atom is -0.390 e. The van der Waals surface area contributed by atoms with Gasteiger partial charge in [-0.15, -0.1) is 0 Å². The Hall–Kier alpha value is -0.200. The van der Waals surface area contributed by atoms with Crippen LogP contribution in [-0.4, -0.2) is 96.5 Å². The molecule has 2 fully saturated rings. The molecule has 2 saturated heterocycles. The Morgan fingerprint density at radius 1 is 1.13 bits per heavy atom. The number of aliphatic hydroxyl groups is 1. The van der Waals surface area contributed by atoms with Gasteiger partial charge >= 0.3 is 0 Å². The number of nitrogens with zero attached hydrogens (tertiary/aromatic N) is 3. The second kappa shape index (κ2) is 8.77. The standard InChI is InChI=1S/C18H37N3O2/c1-14(2)21-8-6-17(7-9-21)19(5)12-18(22)13-20-10-15(3)23-16(4)11-20/h14-18,22H,6-13H2,1-5H3. The molecule has 0 aromatic rings. The molecule has 2 rings (SSSR count). The van der Waals surface area contributed by atoms with Gasteiger partial charge in [0.25, 0.3) is 0 Å². The summed E-state index contributed by atoms with van der Waals surface area (Å²) >= 11 is 0. The predicted molar refractivity (Wildman–Crippen MR) is 94.8 cm³/mol. The summed E-state index contributed by atoms with van der Waals surface area (Å²) in [5.41, 5.74) is 0. The summed E-state index contributed by atoms with van der Waals surface area (Å²) in [7, 11) is 2.17. The fourth-order valence-corrected chi connectivity index (χ4v) is 4.11. The Morgan fingerprint density at radius 3 is 2.22 bits per heavy atom. The molecular weight excluding hydrogens is 290 g/mol. The molecule has 5 heteroatoms. The molecule has 136 valence electrons. The zero-order valence-electron chi connectivity index (χ0n) is 15.7. The Kier molecular flexibility index (Phi) is 7.29. The first-order chi connectivity index (χ1) is 10.8. The van der Waals surface area contributed by atoms with E-state index in [0.717, 1.165) is 26.2 Å². The molecule has 1 N–H and O–H groups in total. The van der Waals surface area contributed by atoms with E-state index >= 15 is 0 Å². The van der Waals surface area contributed by atoms with Gasteiger partial charge in [0.05, 0.1) is 18.3 Å². The van der Waals surface area contributed by atoms with Gasteiger partial charge in [0.1, 0.15) is 0 Å². The maximum Gasteiger partial charge on any atom is 0.0793 e. The van der Waals surface area contributed by atoms with Crippen LogP contribution in [0.4, 0.5) is 0 Å². The van der Waals surface area contributed by atoms with Crippen molar-refractivity contribution in [2.24, 2.45) is 0 Å². The molecule has 0 bridgehead atoms. The molecule has 2 heterocycles. The normalized spacial score (nSPS) is 30.3.